The van der Waals surface area contributed by atoms with Gasteiger partial charge in [-0.1, -0.05) is 9.89 Å². The Hall–Kier alpha value is -2.64. The minimum atomic E-state index is 0.130. The summed E-state index contributed by atoms with van der Waals surface area (Å²) in [5.41, 5.74) is 7.48. The van der Waals surface area contributed by atoms with Crippen LogP contribution < -0.4 is 15.4 Å². The average molecular weight is 289 g/mol. The summed E-state index contributed by atoms with van der Waals surface area (Å²) in [6.45, 7) is 6.11. The molecular weight excluding hydrogens is 270 g/mol. The molecule has 2 rings (SSSR count). The number of nitrogens with two attached hydrogens (primary N) is 1. The number of methoxy groups -OCH3 is 1. The summed E-state index contributed by atoms with van der Waals surface area (Å²) in [7, 11) is 1.63. The van der Waals surface area contributed by atoms with E-state index >= 15 is 0 Å². The lowest BCUT2D eigenvalue weighted by atomic mass is 10.2. The van der Waals surface area contributed by atoms with Crippen molar-refractivity contribution in [3.63, 3.8) is 0 Å². The Balaban J connectivity index is 2.28. The second-order valence-electron chi connectivity index (χ2n) is 4.27. The molecule has 1 aromatic heterocycles. The first-order valence-corrected chi connectivity index (χ1v) is 6.70. The summed E-state index contributed by atoms with van der Waals surface area (Å²) in [5.74, 6) is 0.861. The summed E-state index contributed by atoms with van der Waals surface area (Å²) in [6.07, 6.45) is 1.61. The van der Waals surface area contributed by atoms with Crippen LogP contribution in [0.5, 0.6) is 5.75 Å². The van der Waals surface area contributed by atoms with E-state index in [-0.39, 0.29) is 5.95 Å². The SMILES string of the molecule is CCN(CC)c1ccc(C=Nn2nnnc2N)c(OC)c1. The van der Waals surface area contributed by atoms with Gasteiger partial charge < -0.3 is 15.4 Å². The monoisotopic (exact) mass is 289 g/mol. The van der Waals surface area contributed by atoms with Crippen molar-refractivity contribution in [2.45, 2.75) is 13.8 Å². The van der Waals surface area contributed by atoms with Gasteiger partial charge in [0.1, 0.15) is 5.75 Å². The number of hydrogen-bond donors (Lipinski definition) is 1. The third-order valence-electron chi connectivity index (χ3n) is 3.13. The number of rotatable bonds is 6. The number of ether oxygens (including phenoxy) is 1. The van der Waals surface area contributed by atoms with Crippen molar-refractivity contribution in [3.05, 3.63) is 23.8 Å². The first kappa shape index (κ1) is 14.8. The van der Waals surface area contributed by atoms with E-state index in [4.69, 9.17) is 10.5 Å². The van der Waals surface area contributed by atoms with Gasteiger partial charge in [-0.15, -0.1) is 0 Å². The minimum Gasteiger partial charge on any atom is -0.496 e. The van der Waals surface area contributed by atoms with Gasteiger partial charge in [0.25, 0.3) is 5.95 Å². The molecule has 0 aliphatic carbocycles. The summed E-state index contributed by atoms with van der Waals surface area (Å²) in [4.78, 5) is 3.39. The standard InChI is InChI=1S/C13H19N7O/c1-4-19(5-2)11-7-6-10(12(8-11)21-3)9-15-20-13(14)16-17-18-20/h6-9H,4-5H2,1-3H3,(H2,14,16,18). The van der Waals surface area contributed by atoms with E-state index in [9.17, 15) is 0 Å². The minimum absolute atomic E-state index is 0.130. The Morgan fingerprint density at radius 2 is 2.14 bits per heavy atom. The summed E-state index contributed by atoms with van der Waals surface area (Å²) >= 11 is 0. The Bertz CT molecular complexity index is 619. The van der Waals surface area contributed by atoms with Crippen molar-refractivity contribution in [1.29, 1.82) is 0 Å². The summed E-state index contributed by atoms with van der Waals surface area (Å²) < 4.78 is 5.42. The van der Waals surface area contributed by atoms with Gasteiger partial charge in [-0.3, -0.25) is 0 Å². The number of tetrazole rings is 1. The molecule has 0 saturated heterocycles. The van der Waals surface area contributed by atoms with Crippen LogP contribution in [-0.2, 0) is 0 Å². The van der Waals surface area contributed by atoms with Crippen molar-refractivity contribution in [3.8, 4) is 5.75 Å². The molecule has 0 saturated carbocycles. The number of hydrogen-bond acceptors (Lipinski definition) is 7. The molecule has 0 radical (unpaired) electrons. The van der Waals surface area contributed by atoms with Crippen molar-refractivity contribution in [2.24, 2.45) is 5.10 Å². The third-order valence-corrected chi connectivity index (χ3v) is 3.13. The number of aromatic nitrogens is 4. The molecule has 0 amide bonds. The maximum atomic E-state index is 5.55. The topological polar surface area (TPSA) is 94.5 Å². The predicted octanol–water partition coefficient (Wildman–Crippen LogP) is 0.992. The van der Waals surface area contributed by atoms with Crippen molar-refractivity contribution in [1.82, 2.24) is 20.3 Å². The van der Waals surface area contributed by atoms with E-state index in [0.717, 1.165) is 34.9 Å². The van der Waals surface area contributed by atoms with Crippen molar-refractivity contribution < 1.29 is 4.74 Å². The molecule has 8 heteroatoms. The predicted molar refractivity (Wildman–Crippen MR) is 81.8 cm³/mol. The summed E-state index contributed by atoms with van der Waals surface area (Å²) in [5, 5.41) is 14.7. The lowest BCUT2D eigenvalue weighted by Gasteiger charge is -2.21. The van der Waals surface area contributed by atoms with Gasteiger partial charge in [-0.05, 0) is 36.4 Å². The molecule has 0 atom stereocenters. The van der Waals surface area contributed by atoms with Gasteiger partial charge in [0, 0.05) is 30.4 Å². The third kappa shape index (κ3) is 3.28. The Morgan fingerprint density at radius 1 is 1.38 bits per heavy atom. The molecule has 1 heterocycles. The number of benzene rings is 1. The highest BCUT2D eigenvalue weighted by molar-refractivity contribution is 5.84. The van der Waals surface area contributed by atoms with Crippen LogP contribution in [0.3, 0.4) is 0 Å². The van der Waals surface area contributed by atoms with Crippen LogP contribution in [0, 0.1) is 0 Å². The molecule has 0 aliphatic rings. The fraction of sp³-hybridized carbons (Fsp3) is 0.385. The van der Waals surface area contributed by atoms with Crippen LogP contribution in [0.2, 0.25) is 0 Å². The van der Waals surface area contributed by atoms with Gasteiger partial charge in [0.15, 0.2) is 0 Å². The Morgan fingerprint density at radius 3 is 2.71 bits per heavy atom. The zero-order valence-corrected chi connectivity index (χ0v) is 12.4. The molecule has 21 heavy (non-hydrogen) atoms. The van der Waals surface area contributed by atoms with Crippen LogP contribution in [-0.4, -0.2) is 46.7 Å². The highest BCUT2D eigenvalue weighted by Gasteiger charge is 2.07. The molecule has 2 aromatic rings. The summed E-state index contributed by atoms with van der Waals surface area (Å²) in [6, 6.07) is 5.95. The van der Waals surface area contributed by atoms with Crippen LogP contribution in [0.15, 0.2) is 23.3 Å². The molecule has 0 unspecified atom stereocenters. The largest absolute Gasteiger partial charge is 0.496 e. The van der Waals surface area contributed by atoms with Gasteiger partial charge >= 0.3 is 0 Å². The van der Waals surface area contributed by atoms with Crippen molar-refractivity contribution >= 4 is 17.9 Å². The maximum absolute atomic E-state index is 5.55. The van der Waals surface area contributed by atoms with Gasteiger partial charge in [0.05, 0.1) is 13.3 Å². The quantitative estimate of drug-likeness (QED) is 0.797. The first-order valence-electron chi connectivity index (χ1n) is 6.70. The Kier molecular flexibility index (Phi) is 4.70. The van der Waals surface area contributed by atoms with Crippen LogP contribution in [0.1, 0.15) is 19.4 Å². The van der Waals surface area contributed by atoms with E-state index < -0.39 is 0 Å². The van der Waals surface area contributed by atoms with E-state index in [1.54, 1.807) is 13.3 Å². The first-order chi connectivity index (χ1) is 10.2. The number of anilines is 2. The fourth-order valence-electron chi connectivity index (χ4n) is 1.98. The number of nitrogen functional groups attached to an aromatic ring is 1. The molecule has 2 N–H and O–H groups in total. The molecule has 1 aromatic carbocycles. The lowest BCUT2D eigenvalue weighted by Crippen LogP contribution is -2.21. The molecular formula is C13H19N7O. The van der Waals surface area contributed by atoms with Gasteiger partial charge in [0.2, 0.25) is 0 Å². The molecule has 0 aliphatic heterocycles. The van der Waals surface area contributed by atoms with Crippen LogP contribution in [0.25, 0.3) is 0 Å². The van der Waals surface area contributed by atoms with E-state index in [2.05, 4.69) is 39.4 Å². The van der Waals surface area contributed by atoms with Crippen LogP contribution >= 0.6 is 0 Å². The van der Waals surface area contributed by atoms with Gasteiger partial charge in [-0.25, -0.2) is 0 Å². The zero-order valence-electron chi connectivity index (χ0n) is 12.4. The fourth-order valence-corrected chi connectivity index (χ4v) is 1.98. The molecule has 0 fully saturated rings. The normalized spacial score (nSPS) is 11.0. The van der Waals surface area contributed by atoms with Crippen LogP contribution in [0.4, 0.5) is 11.6 Å². The molecule has 8 nitrogen and oxygen atoms in total. The Labute approximate surface area is 123 Å². The maximum Gasteiger partial charge on any atom is 0.263 e. The second-order valence-corrected chi connectivity index (χ2v) is 4.27. The highest BCUT2D eigenvalue weighted by Crippen LogP contribution is 2.24. The smallest absolute Gasteiger partial charge is 0.263 e. The van der Waals surface area contributed by atoms with Crippen molar-refractivity contribution in [2.75, 3.05) is 30.8 Å². The molecule has 112 valence electrons. The zero-order chi connectivity index (χ0) is 15.2. The molecule has 0 spiro atoms. The average Bonchev–Trinajstić information content (AvgIpc) is 2.92. The number of nitrogens with zero attached hydrogens (tertiary/aromatic N) is 6. The van der Waals surface area contributed by atoms with E-state index in [0.29, 0.717) is 0 Å². The van der Waals surface area contributed by atoms with E-state index in [1.807, 2.05) is 18.2 Å². The van der Waals surface area contributed by atoms with E-state index in [1.165, 1.54) is 0 Å². The lowest BCUT2D eigenvalue weighted by molar-refractivity contribution is 0.414. The molecule has 0 bridgehead atoms. The second kappa shape index (κ2) is 6.69. The highest BCUT2D eigenvalue weighted by atomic mass is 16.5. The van der Waals surface area contributed by atoms with Gasteiger partial charge in [-0.2, -0.15) is 5.10 Å².